The average Bonchev–Trinajstić information content (AvgIpc) is 2.99. The third kappa shape index (κ3) is 3.90. The van der Waals surface area contributed by atoms with Gasteiger partial charge in [-0.25, -0.2) is 4.39 Å². The Hall–Kier alpha value is -2.24. The fourth-order valence-electron chi connectivity index (χ4n) is 2.38. The number of carbonyl (C=O) groups excluding carboxylic acids is 1. The van der Waals surface area contributed by atoms with Gasteiger partial charge in [0, 0.05) is 24.2 Å². The second-order valence-electron chi connectivity index (χ2n) is 4.90. The average molecular weight is 311 g/mol. The smallest absolute Gasteiger partial charge is 0.387 e. The Bertz CT molecular complexity index is 579. The molecule has 0 N–H and O–H groups in total. The Kier molecular flexibility index (Phi) is 5.25. The first kappa shape index (κ1) is 16.1. The van der Waals surface area contributed by atoms with Gasteiger partial charge in [-0.1, -0.05) is 24.8 Å². The van der Waals surface area contributed by atoms with Crippen LogP contribution in [0.15, 0.2) is 43.0 Å². The summed E-state index contributed by atoms with van der Waals surface area (Å²) < 4.78 is 42.4. The van der Waals surface area contributed by atoms with Crippen molar-refractivity contribution in [2.75, 3.05) is 0 Å². The lowest BCUT2D eigenvalue weighted by Crippen LogP contribution is -2.37. The number of carbonyl (C=O) groups is 1. The van der Waals surface area contributed by atoms with E-state index < -0.39 is 12.4 Å². The first-order chi connectivity index (χ1) is 10.5. The van der Waals surface area contributed by atoms with Crippen molar-refractivity contribution in [3.63, 3.8) is 0 Å². The van der Waals surface area contributed by atoms with Crippen molar-refractivity contribution in [3.8, 4) is 5.75 Å². The van der Waals surface area contributed by atoms with E-state index >= 15 is 0 Å². The number of nitrogens with zero attached hydrogens (tertiary/aromatic N) is 1. The zero-order chi connectivity index (χ0) is 16.1. The second-order valence-corrected chi connectivity index (χ2v) is 4.90. The zero-order valence-corrected chi connectivity index (χ0v) is 11.8. The van der Waals surface area contributed by atoms with E-state index in [9.17, 15) is 18.0 Å². The van der Waals surface area contributed by atoms with Gasteiger partial charge in [0.25, 0.3) is 0 Å². The molecule has 0 bridgehead atoms. The highest BCUT2D eigenvalue weighted by Crippen LogP contribution is 2.24. The molecule has 0 saturated heterocycles. The van der Waals surface area contributed by atoms with Crippen LogP contribution in [-0.2, 0) is 11.3 Å². The van der Waals surface area contributed by atoms with Gasteiger partial charge >= 0.3 is 6.61 Å². The molecular formula is C16H16F3NO2. The quantitative estimate of drug-likeness (QED) is 0.593. The topological polar surface area (TPSA) is 29.5 Å². The molecule has 22 heavy (non-hydrogen) atoms. The SMILES string of the molecule is C=CC(=O)N(Cc1ccc(OC(F)F)cc1F)C1CC=CC1. The molecule has 1 aromatic rings. The normalized spacial score (nSPS) is 14.4. The van der Waals surface area contributed by atoms with Crippen LogP contribution in [0.25, 0.3) is 0 Å². The lowest BCUT2D eigenvalue weighted by Gasteiger charge is -2.28. The fourth-order valence-corrected chi connectivity index (χ4v) is 2.38. The summed E-state index contributed by atoms with van der Waals surface area (Å²) in [6, 6.07) is 3.46. The van der Waals surface area contributed by atoms with Crippen molar-refractivity contribution in [2.45, 2.75) is 32.0 Å². The molecular weight excluding hydrogens is 295 g/mol. The molecule has 6 heteroatoms. The molecule has 0 fully saturated rings. The molecule has 0 spiro atoms. The van der Waals surface area contributed by atoms with Crippen LogP contribution in [-0.4, -0.2) is 23.5 Å². The molecule has 0 atom stereocenters. The van der Waals surface area contributed by atoms with Crippen LogP contribution in [0.5, 0.6) is 5.75 Å². The van der Waals surface area contributed by atoms with E-state index in [-0.39, 0.29) is 29.8 Å². The van der Waals surface area contributed by atoms with Gasteiger partial charge in [0.15, 0.2) is 0 Å². The molecule has 118 valence electrons. The van der Waals surface area contributed by atoms with Crippen LogP contribution in [0.3, 0.4) is 0 Å². The maximum atomic E-state index is 14.0. The van der Waals surface area contributed by atoms with Gasteiger partial charge in [-0.15, -0.1) is 0 Å². The van der Waals surface area contributed by atoms with Crippen LogP contribution in [0.1, 0.15) is 18.4 Å². The van der Waals surface area contributed by atoms with E-state index in [0.717, 1.165) is 6.07 Å². The molecule has 0 aromatic heterocycles. The second kappa shape index (κ2) is 7.15. The minimum Gasteiger partial charge on any atom is -0.435 e. The summed E-state index contributed by atoms with van der Waals surface area (Å²) >= 11 is 0. The highest BCUT2D eigenvalue weighted by molar-refractivity contribution is 5.87. The number of alkyl halides is 2. The number of rotatable bonds is 6. The fraction of sp³-hybridized carbons (Fsp3) is 0.312. The Morgan fingerprint density at radius 1 is 1.41 bits per heavy atom. The molecule has 1 aromatic carbocycles. The lowest BCUT2D eigenvalue weighted by molar-refractivity contribution is -0.128. The third-order valence-corrected chi connectivity index (χ3v) is 3.47. The third-order valence-electron chi connectivity index (χ3n) is 3.47. The van der Waals surface area contributed by atoms with Gasteiger partial charge < -0.3 is 9.64 Å². The number of halogens is 3. The predicted molar refractivity (Wildman–Crippen MR) is 75.9 cm³/mol. The molecule has 1 amide bonds. The standard InChI is InChI=1S/C16H16F3NO2/c1-2-15(21)20(12-5-3-4-6-12)10-11-7-8-13(9-14(11)17)22-16(18)19/h2-4,7-9,12,16H,1,5-6,10H2. The number of ether oxygens (including phenoxy) is 1. The molecule has 1 aliphatic carbocycles. The largest absolute Gasteiger partial charge is 0.435 e. The molecule has 0 aliphatic heterocycles. The van der Waals surface area contributed by atoms with Gasteiger partial charge in [0.1, 0.15) is 11.6 Å². The molecule has 0 heterocycles. The van der Waals surface area contributed by atoms with Crippen molar-refractivity contribution in [1.82, 2.24) is 4.90 Å². The van der Waals surface area contributed by atoms with Gasteiger partial charge in [-0.3, -0.25) is 4.79 Å². The number of benzene rings is 1. The Morgan fingerprint density at radius 2 is 2.09 bits per heavy atom. The molecule has 0 saturated carbocycles. The minimum absolute atomic E-state index is 0.0399. The predicted octanol–water partition coefficient (Wildman–Crippen LogP) is 3.66. The monoisotopic (exact) mass is 311 g/mol. The van der Waals surface area contributed by atoms with Crippen LogP contribution in [0.4, 0.5) is 13.2 Å². The van der Waals surface area contributed by atoms with E-state index in [4.69, 9.17) is 0 Å². The number of amides is 1. The Balaban J connectivity index is 2.15. The Morgan fingerprint density at radius 3 is 2.64 bits per heavy atom. The highest BCUT2D eigenvalue weighted by atomic mass is 19.3. The summed E-state index contributed by atoms with van der Waals surface area (Å²) in [5.41, 5.74) is 0.240. The summed E-state index contributed by atoms with van der Waals surface area (Å²) in [6.07, 6.45) is 6.51. The minimum atomic E-state index is -3.01. The van der Waals surface area contributed by atoms with Crippen LogP contribution in [0.2, 0.25) is 0 Å². The van der Waals surface area contributed by atoms with E-state index in [2.05, 4.69) is 11.3 Å². The lowest BCUT2D eigenvalue weighted by atomic mass is 10.1. The van der Waals surface area contributed by atoms with Gasteiger partial charge in [-0.2, -0.15) is 8.78 Å². The molecule has 0 unspecified atom stereocenters. The first-order valence-electron chi connectivity index (χ1n) is 6.82. The number of hydrogen-bond donors (Lipinski definition) is 0. The van der Waals surface area contributed by atoms with Crippen molar-refractivity contribution in [2.24, 2.45) is 0 Å². The molecule has 2 rings (SSSR count). The van der Waals surface area contributed by atoms with Crippen LogP contribution >= 0.6 is 0 Å². The van der Waals surface area contributed by atoms with Crippen LogP contribution < -0.4 is 4.74 Å². The van der Waals surface area contributed by atoms with Crippen LogP contribution in [0, 0.1) is 5.82 Å². The summed E-state index contributed by atoms with van der Waals surface area (Å²) in [5, 5.41) is 0. The van der Waals surface area contributed by atoms with Crippen molar-refractivity contribution in [3.05, 3.63) is 54.4 Å². The van der Waals surface area contributed by atoms with E-state index in [1.165, 1.54) is 23.1 Å². The molecule has 1 aliphatic rings. The van der Waals surface area contributed by atoms with Crippen molar-refractivity contribution in [1.29, 1.82) is 0 Å². The summed E-state index contributed by atoms with van der Waals surface area (Å²) in [7, 11) is 0. The van der Waals surface area contributed by atoms with Crippen molar-refractivity contribution < 1.29 is 22.7 Å². The van der Waals surface area contributed by atoms with Gasteiger partial charge in [0.2, 0.25) is 5.91 Å². The number of hydrogen-bond acceptors (Lipinski definition) is 2. The summed E-state index contributed by atoms with van der Waals surface area (Å²) in [6.45, 7) is 0.503. The highest BCUT2D eigenvalue weighted by Gasteiger charge is 2.24. The van der Waals surface area contributed by atoms with E-state index in [0.29, 0.717) is 12.8 Å². The maximum absolute atomic E-state index is 14.0. The molecule has 3 nitrogen and oxygen atoms in total. The summed E-state index contributed by atoms with van der Waals surface area (Å²) in [4.78, 5) is 13.5. The maximum Gasteiger partial charge on any atom is 0.387 e. The van der Waals surface area contributed by atoms with Gasteiger partial charge in [-0.05, 0) is 25.0 Å². The van der Waals surface area contributed by atoms with Crippen molar-refractivity contribution >= 4 is 5.91 Å². The molecule has 0 radical (unpaired) electrons. The van der Waals surface area contributed by atoms with E-state index in [1.54, 1.807) is 0 Å². The Labute approximate surface area is 126 Å². The van der Waals surface area contributed by atoms with Gasteiger partial charge in [0.05, 0.1) is 0 Å². The first-order valence-corrected chi connectivity index (χ1v) is 6.82. The zero-order valence-electron chi connectivity index (χ0n) is 11.8. The van der Waals surface area contributed by atoms with E-state index in [1.807, 2.05) is 12.2 Å². The summed E-state index contributed by atoms with van der Waals surface area (Å²) in [5.74, 6) is -1.23.